The fourth-order valence-corrected chi connectivity index (χ4v) is 9.07. The van der Waals surface area contributed by atoms with Crippen LogP contribution in [0.15, 0.2) is 36.7 Å². The van der Waals surface area contributed by atoms with Crippen LogP contribution in [0.3, 0.4) is 0 Å². The number of hydrogen-bond acceptors (Lipinski definition) is 11. The second-order valence-electron chi connectivity index (χ2n) is 13.2. The van der Waals surface area contributed by atoms with E-state index in [1.165, 1.54) is 21.3 Å². The molecule has 4 N–H and O–H groups in total. The number of methoxy groups -OCH3 is 3. The summed E-state index contributed by atoms with van der Waals surface area (Å²) < 4.78 is 15.1. The molecule has 6 heterocycles. The van der Waals surface area contributed by atoms with Gasteiger partial charge in [-0.1, -0.05) is 0 Å². The molecule has 0 bridgehead atoms. The number of nitrogens with zero attached hydrogens (tertiary/aromatic N) is 5. The summed E-state index contributed by atoms with van der Waals surface area (Å²) in [5, 5.41) is 12.2. The van der Waals surface area contributed by atoms with Crippen LogP contribution in [0.1, 0.15) is 62.3 Å². The number of nitrogens with one attached hydrogen (secondary N) is 3. The quantitative estimate of drug-likeness (QED) is 0.122. The Morgan fingerprint density at radius 1 is 0.833 bits per heavy atom. The lowest BCUT2D eigenvalue weighted by Crippen LogP contribution is -2.49. The van der Waals surface area contributed by atoms with E-state index in [1.54, 1.807) is 39.6 Å². The van der Waals surface area contributed by atoms with Crippen LogP contribution < -0.4 is 5.32 Å². The van der Waals surface area contributed by atoms with Crippen molar-refractivity contribution in [2.45, 2.75) is 62.7 Å². The number of likely N-dealkylation sites (N-methyl/N-ethyl adjacent to an activating group) is 1. The Labute approximate surface area is 320 Å². The van der Waals surface area contributed by atoms with E-state index in [1.807, 2.05) is 24.5 Å². The Bertz CT molecular complexity index is 1920. The first kappa shape index (κ1) is 38.9. The molecule has 0 aromatic carbocycles. The standard InChI is InChI=1S/C36H46N8O8S2/c1-42(36(48)49)26(14-18-51-3)34(46)44-16-6-8-25(44)32-38-20-23(40-32)28-10-12-30(54-28)29-11-9-27(53-29)22-19-37-31(39-22)24-7-5-15-43(24)33(45)21(13-17-50-2)41-35(47)52-4/h9-12,19-21,24-26H,5-8,13-18H2,1-4H3,(H,37,39)(H,38,40)(H,41,47)(H,48,49)/t21-,24-,25-,26-/m0/s1. The third kappa shape index (κ3) is 8.46. The maximum absolute atomic E-state index is 13.6. The van der Waals surface area contributed by atoms with E-state index in [0.717, 1.165) is 61.5 Å². The van der Waals surface area contributed by atoms with Crippen LogP contribution in [0.2, 0.25) is 0 Å². The van der Waals surface area contributed by atoms with E-state index < -0.39 is 24.3 Å². The number of ether oxygens (including phenoxy) is 3. The summed E-state index contributed by atoms with van der Waals surface area (Å²) in [6.07, 6.45) is 5.57. The molecule has 2 aliphatic heterocycles. The van der Waals surface area contributed by atoms with Crippen LogP contribution >= 0.6 is 22.7 Å². The van der Waals surface area contributed by atoms with E-state index in [9.17, 15) is 24.3 Å². The van der Waals surface area contributed by atoms with E-state index in [4.69, 9.17) is 24.2 Å². The van der Waals surface area contributed by atoms with E-state index in [-0.39, 0.29) is 36.9 Å². The third-order valence-corrected chi connectivity index (χ3v) is 12.3. The van der Waals surface area contributed by atoms with Crippen molar-refractivity contribution in [2.24, 2.45) is 0 Å². The Morgan fingerprint density at radius 2 is 1.33 bits per heavy atom. The number of carbonyl (C=O) groups excluding carboxylic acids is 3. The molecule has 0 radical (unpaired) electrons. The minimum atomic E-state index is -1.16. The monoisotopic (exact) mass is 782 g/mol. The molecule has 2 aliphatic rings. The molecule has 4 atom stereocenters. The summed E-state index contributed by atoms with van der Waals surface area (Å²) in [5.74, 6) is 0.929. The molecule has 4 aromatic rings. The summed E-state index contributed by atoms with van der Waals surface area (Å²) in [5.41, 5.74) is 1.56. The average molecular weight is 783 g/mol. The van der Waals surface area contributed by atoms with Crippen molar-refractivity contribution >= 4 is 46.7 Å². The smallest absolute Gasteiger partial charge is 0.407 e. The van der Waals surface area contributed by atoms with Gasteiger partial charge in [0, 0.05) is 82.6 Å². The fourth-order valence-electron chi connectivity index (χ4n) is 7.04. The molecule has 54 heavy (non-hydrogen) atoms. The van der Waals surface area contributed by atoms with Gasteiger partial charge in [0.05, 0.1) is 40.3 Å². The molecule has 4 amide bonds. The Kier molecular flexibility index (Phi) is 12.7. The van der Waals surface area contributed by atoms with Gasteiger partial charge in [-0.3, -0.25) is 14.5 Å². The number of carbonyl (C=O) groups is 4. The normalized spacial score (nSPS) is 18.1. The first-order valence-corrected chi connectivity index (χ1v) is 19.5. The molecule has 2 fully saturated rings. The van der Waals surface area contributed by atoms with Gasteiger partial charge in [-0.15, -0.1) is 22.7 Å². The minimum absolute atomic E-state index is 0.196. The van der Waals surface area contributed by atoms with Crippen molar-refractivity contribution in [1.82, 2.24) is 40.0 Å². The van der Waals surface area contributed by atoms with Crippen molar-refractivity contribution < 1.29 is 38.5 Å². The summed E-state index contributed by atoms with van der Waals surface area (Å²) >= 11 is 3.24. The Balaban J connectivity index is 1.13. The number of hydrogen-bond donors (Lipinski definition) is 4. The largest absolute Gasteiger partial charge is 0.465 e. The maximum Gasteiger partial charge on any atom is 0.407 e. The maximum atomic E-state index is 13.6. The van der Waals surface area contributed by atoms with Crippen LogP contribution in [-0.2, 0) is 23.8 Å². The van der Waals surface area contributed by atoms with Crippen LogP contribution in [0.4, 0.5) is 9.59 Å². The first-order chi connectivity index (χ1) is 26.1. The van der Waals surface area contributed by atoms with Crippen molar-refractivity contribution in [3.8, 4) is 30.9 Å². The molecule has 4 aromatic heterocycles. The molecule has 0 saturated carbocycles. The number of aromatic nitrogens is 4. The number of thiophene rings is 2. The van der Waals surface area contributed by atoms with Gasteiger partial charge < -0.3 is 44.4 Å². The van der Waals surface area contributed by atoms with E-state index >= 15 is 0 Å². The molecule has 0 spiro atoms. The SMILES string of the molecule is COCC[C@H](NC(=O)OC)C(=O)N1CCC[C@H]1c1nc(-c2ccc(-c3ccc(-c4c[nH]c([C@@H]5CCCN5C(=O)[C@H](CCOC)N(C)C(=O)O)n4)s3)s2)c[nH]1. The minimum Gasteiger partial charge on any atom is -0.465 e. The van der Waals surface area contributed by atoms with Gasteiger partial charge >= 0.3 is 12.2 Å². The second kappa shape index (κ2) is 17.6. The van der Waals surface area contributed by atoms with Crippen LogP contribution in [0.5, 0.6) is 0 Å². The van der Waals surface area contributed by atoms with Crippen molar-refractivity contribution in [2.75, 3.05) is 54.7 Å². The Morgan fingerprint density at radius 3 is 1.83 bits per heavy atom. The van der Waals surface area contributed by atoms with Crippen molar-refractivity contribution in [3.05, 3.63) is 48.3 Å². The summed E-state index contributed by atoms with van der Waals surface area (Å²) in [7, 11) is 5.76. The zero-order chi connectivity index (χ0) is 38.4. The van der Waals surface area contributed by atoms with Gasteiger partial charge in [0.25, 0.3) is 0 Å². The third-order valence-electron chi connectivity index (χ3n) is 9.89. The summed E-state index contributed by atoms with van der Waals surface area (Å²) in [6, 6.07) is 6.08. The van der Waals surface area contributed by atoms with Crippen molar-refractivity contribution in [1.29, 1.82) is 0 Å². The lowest BCUT2D eigenvalue weighted by molar-refractivity contribution is -0.137. The van der Waals surface area contributed by atoms with Crippen LogP contribution in [-0.4, -0.2) is 131 Å². The van der Waals surface area contributed by atoms with E-state index in [2.05, 4.69) is 27.4 Å². The highest BCUT2D eigenvalue weighted by Crippen LogP contribution is 2.41. The summed E-state index contributed by atoms with van der Waals surface area (Å²) in [4.78, 5) is 75.9. The van der Waals surface area contributed by atoms with Crippen LogP contribution in [0, 0.1) is 0 Å². The van der Waals surface area contributed by atoms with Gasteiger partial charge in [-0.25, -0.2) is 19.6 Å². The zero-order valence-electron chi connectivity index (χ0n) is 30.7. The Hall–Kier alpha value is -4.78. The number of imidazole rings is 2. The van der Waals surface area contributed by atoms with E-state index in [0.29, 0.717) is 37.8 Å². The highest BCUT2D eigenvalue weighted by molar-refractivity contribution is 7.25. The van der Waals surface area contributed by atoms with Gasteiger partial charge in [-0.2, -0.15) is 0 Å². The average Bonchev–Trinajstić information content (AvgIpc) is 4.02. The zero-order valence-corrected chi connectivity index (χ0v) is 32.3. The topological polar surface area (TPSA) is 195 Å². The highest BCUT2D eigenvalue weighted by atomic mass is 32.1. The van der Waals surface area contributed by atoms with Crippen LogP contribution in [0.25, 0.3) is 30.9 Å². The second-order valence-corrected chi connectivity index (χ2v) is 15.4. The molecular formula is C36H46N8O8S2. The number of alkyl carbamates (subject to hydrolysis) is 1. The van der Waals surface area contributed by atoms with Crippen molar-refractivity contribution in [3.63, 3.8) is 0 Å². The fraction of sp³-hybridized carbons (Fsp3) is 0.500. The first-order valence-electron chi connectivity index (χ1n) is 17.8. The molecule has 16 nitrogen and oxygen atoms in total. The number of amides is 4. The molecule has 0 unspecified atom stereocenters. The number of carboxylic acid groups (broad SMARTS) is 1. The highest BCUT2D eigenvalue weighted by Gasteiger charge is 2.39. The van der Waals surface area contributed by atoms with Gasteiger partial charge in [-0.05, 0) is 49.9 Å². The number of aromatic amines is 2. The van der Waals surface area contributed by atoms with Gasteiger partial charge in [0.1, 0.15) is 23.7 Å². The number of likely N-dealkylation sites (tertiary alicyclic amines) is 2. The number of H-pyrrole nitrogens is 2. The predicted molar refractivity (Wildman–Crippen MR) is 202 cm³/mol. The van der Waals surface area contributed by atoms with Gasteiger partial charge in [0.15, 0.2) is 0 Å². The molecule has 0 aliphatic carbocycles. The molecule has 290 valence electrons. The molecule has 6 rings (SSSR count). The lowest BCUT2D eigenvalue weighted by atomic mass is 10.1. The molecule has 2 saturated heterocycles. The lowest BCUT2D eigenvalue weighted by Gasteiger charge is -2.31. The molecular weight excluding hydrogens is 737 g/mol. The molecule has 18 heteroatoms. The predicted octanol–water partition coefficient (Wildman–Crippen LogP) is 5.36. The number of rotatable bonds is 15. The van der Waals surface area contributed by atoms with Gasteiger partial charge in [0.2, 0.25) is 11.8 Å². The summed E-state index contributed by atoms with van der Waals surface area (Å²) in [6.45, 7) is 1.67.